The van der Waals surface area contributed by atoms with E-state index < -0.39 is 5.60 Å². The molecule has 0 saturated carbocycles. The highest BCUT2D eigenvalue weighted by Crippen LogP contribution is 2.45. The first-order chi connectivity index (χ1) is 16.4. The Kier molecular flexibility index (Phi) is 6.17. The fourth-order valence-corrected chi connectivity index (χ4v) is 6.00. The molecule has 0 bridgehead atoms. The summed E-state index contributed by atoms with van der Waals surface area (Å²) in [4.78, 5) is 25.5. The maximum absolute atomic E-state index is 11.9. The number of benzene rings is 2. The summed E-state index contributed by atoms with van der Waals surface area (Å²) in [5, 5.41) is 12.2. The minimum absolute atomic E-state index is 0.182. The first-order valence-corrected chi connectivity index (χ1v) is 12.9. The highest BCUT2D eigenvalue weighted by molar-refractivity contribution is 9.10. The van der Waals surface area contributed by atoms with Crippen molar-refractivity contribution in [3.05, 3.63) is 67.6 Å². The molecular formula is C25H23Br2N3O4. The van der Waals surface area contributed by atoms with Crippen molar-refractivity contribution in [2.45, 2.75) is 36.9 Å². The fraction of sp³-hybridized carbons (Fsp3) is 0.400. The lowest BCUT2D eigenvalue weighted by molar-refractivity contribution is -0.0359. The molecule has 9 heteroatoms. The van der Waals surface area contributed by atoms with E-state index in [2.05, 4.69) is 43.4 Å². The molecule has 0 unspecified atom stereocenters. The summed E-state index contributed by atoms with van der Waals surface area (Å²) in [6.07, 6.45) is 5.24. The van der Waals surface area contributed by atoms with Crippen molar-refractivity contribution in [1.29, 1.82) is 5.26 Å². The van der Waals surface area contributed by atoms with Gasteiger partial charge in [0, 0.05) is 58.8 Å². The van der Waals surface area contributed by atoms with Gasteiger partial charge in [0.1, 0.15) is 11.2 Å². The number of hydrogen-bond acceptors (Lipinski definition) is 7. The number of nitriles is 1. The molecule has 0 atom stereocenters. The van der Waals surface area contributed by atoms with Crippen LogP contribution in [0, 0.1) is 11.5 Å². The number of hydrogen-bond donors (Lipinski definition) is 1. The van der Waals surface area contributed by atoms with Crippen molar-refractivity contribution in [1.82, 2.24) is 10.2 Å². The molecule has 2 aromatic rings. The van der Waals surface area contributed by atoms with Crippen molar-refractivity contribution in [2.24, 2.45) is 0 Å². The molecular weight excluding hydrogens is 566 g/mol. The van der Waals surface area contributed by atoms with Crippen LogP contribution >= 0.6 is 31.9 Å². The number of carbonyl (C=O) groups excluding carboxylic acids is 2. The Hall–Kier alpha value is -2.41. The Balaban J connectivity index is 0.000000142. The van der Waals surface area contributed by atoms with E-state index in [0.717, 1.165) is 51.6 Å². The standard InChI is InChI=1S/C13H11BrN2O2.C12H12BrNO2/c14-9-1-2-11-10(7-9)12(17)18-13(11)3-5-16(8-15)6-4-13;13-8-1-2-10-9(7-8)11(15)16-12(10)3-5-14-6-4-12/h1-2,7H,3-6H2;1-2,7,14H,3-6H2. The molecule has 2 aromatic carbocycles. The number of ether oxygens (including phenoxy) is 2. The third-order valence-electron chi connectivity index (χ3n) is 7.08. The van der Waals surface area contributed by atoms with Crippen LogP contribution < -0.4 is 5.32 Å². The number of nitrogens with zero attached hydrogens (tertiary/aromatic N) is 2. The third kappa shape index (κ3) is 4.02. The Morgan fingerprint density at radius 2 is 1.29 bits per heavy atom. The maximum atomic E-state index is 11.9. The zero-order valence-corrected chi connectivity index (χ0v) is 21.6. The van der Waals surface area contributed by atoms with Crippen molar-refractivity contribution in [3.8, 4) is 6.19 Å². The van der Waals surface area contributed by atoms with E-state index in [9.17, 15) is 9.59 Å². The predicted octanol–water partition coefficient (Wildman–Crippen LogP) is 4.59. The first kappa shape index (κ1) is 23.3. The quantitative estimate of drug-likeness (QED) is 0.355. The number of carbonyl (C=O) groups is 2. The van der Waals surface area contributed by atoms with Gasteiger partial charge in [-0.05, 0) is 37.4 Å². The van der Waals surface area contributed by atoms with E-state index in [1.165, 1.54) is 0 Å². The molecule has 0 amide bonds. The lowest BCUT2D eigenvalue weighted by atomic mass is 9.84. The summed E-state index contributed by atoms with van der Waals surface area (Å²) < 4.78 is 13.0. The van der Waals surface area contributed by atoms with Gasteiger partial charge in [-0.25, -0.2) is 9.59 Å². The van der Waals surface area contributed by atoms with Gasteiger partial charge in [-0.1, -0.05) is 44.0 Å². The maximum Gasteiger partial charge on any atom is 0.339 e. The van der Waals surface area contributed by atoms with Gasteiger partial charge in [0.05, 0.1) is 11.1 Å². The van der Waals surface area contributed by atoms with Gasteiger partial charge < -0.3 is 19.7 Å². The molecule has 0 aliphatic carbocycles. The van der Waals surface area contributed by atoms with Crippen molar-refractivity contribution in [3.63, 3.8) is 0 Å². The molecule has 1 N–H and O–H groups in total. The topological polar surface area (TPSA) is 91.7 Å². The van der Waals surface area contributed by atoms with E-state index in [1.54, 1.807) is 4.90 Å². The third-order valence-corrected chi connectivity index (χ3v) is 8.07. The summed E-state index contributed by atoms with van der Waals surface area (Å²) in [5.74, 6) is -0.435. The summed E-state index contributed by atoms with van der Waals surface area (Å²) in [7, 11) is 0. The molecule has 4 heterocycles. The van der Waals surface area contributed by atoms with Gasteiger partial charge in [-0.2, -0.15) is 5.26 Å². The number of piperidine rings is 2. The second-order valence-corrected chi connectivity index (χ2v) is 10.8. The normalized spacial score (nSPS) is 21.1. The number of esters is 2. The predicted molar refractivity (Wildman–Crippen MR) is 131 cm³/mol. The van der Waals surface area contributed by atoms with Crippen molar-refractivity contribution in [2.75, 3.05) is 26.2 Å². The molecule has 34 heavy (non-hydrogen) atoms. The number of fused-ring (bicyclic) bond motifs is 4. The Labute approximate surface area is 214 Å². The largest absolute Gasteiger partial charge is 0.450 e. The lowest BCUT2D eigenvalue weighted by Crippen LogP contribution is -2.40. The fourth-order valence-electron chi connectivity index (χ4n) is 5.28. The average Bonchev–Trinajstić information content (AvgIpc) is 3.25. The smallest absolute Gasteiger partial charge is 0.339 e. The second-order valence-electron chi connectivity index (χ2n) is 8.98. The number of nitrogens with one attached hydrogen (secondary N) is 1. The molecule has 2 spiro atoms. The van der Waals surface area contributed by atoms with Crippen molar-refractivity contribution < 1.29 is 19.1 Å². The van der Waals surface area contributed by atoms with E-state index in [4.69, 9.17) is 14.7 Å². The zero-order valence-electron chi connectivity index (χ0n) is 18.4. The highest BCUT2D eigenvalue weighted by Gasteiger charge is 2.47. The molecule has 4 aliphatic rings. The van der Waals surface area contributed by atoms with Crippen LogP contribution in [0.15, 0.2) is 45.3 Å². The lowest BCUT2D eigenvalue weighted by Gasteiger charge is -2.36. The minimum Gasteiger partial charge on any atom is -0.450 e. The zero-order chi connectivity index (χ0) is 23.9. The van der Waals surface area contributed by atoms with E-state index >= 15 is 0 Å². The van der Waals surface area contributed by atoms with Crippen LogP contribution in [0.25, 0.3) is 0 Å². The van der Waals surface area contributed by atoms with Crippen LogP contribution in [0.4, 0.5) is 0 Å². The van der Waals surface area contributed by atoms with E-state index in [-0.39, 0.29) is 17.5 Å². The van der Waals surface area contributed by atoms with Gasteiger partial charge in [0.15, 0.2) is 6.19 Å². The molecule has 176 valence electrons. The molecule has 6 rings (SSSR count). The molecule has 0 aromatic heterocycles. The number of rotatable bonds is 0. The number of likely N-dealkylation sites (tertiary alicyclic amines) is 1. The van der Waals surface area contributed by atoms with Crippen LogP contribution in [0.3, 0.4) is 0 Å². The van der Waals surface area contributed by atoms with E-state index in [0.29, 0.717) is 31.5 Å². The average molecular weight is 589 g/mol. The Morgan fingerprint density at radius 1 is 0.824 bits per heavy atom. The summed E-state index contributed by atoms with van der Waals surface area (Å²) in [6.45, 7) is 3.09. The summed E-state index contributed by atoms with van der Waals surface area (Å²) in [5.41, 5.74) is 2.51. The monoisotopic (exact) mass is 587 g/mol. The minimum atomic E-state index is -0.513. The van der Waals surface area contributed by atoms with Crippen LogP contribution in [0.2, 0.25) is 0 Å². The van der Waals surface area contributed by atoms with Gasteiger partial charge in [0.2, 0.25) is 0 Å². The Morgan fingerprint density at radius 3 is 1.76 bits per heavy atom. The van der Waals surface area contributed by atoms with Crippen LogP contribution in [-0.4, -0.2) is 43.0 Å². The van der Waals surface area contributed by atoms with Crippen molar-refractivity contribution >= 4 is 43.8 Å². The molecule has 4 aliphatic heterocycles. The molecule has 7 nitrogen and oxygen atoms in total. The van der Waals surface area contributed by atoms with Gasteiger partial charge in [-0.3, -0.25) is 0 Å². The van der Waals surface area contributed by atoms with Crippen LogP contribution in [0.1, 0.15) is 57.5 Å². The molecule has 0 radical (unpaired) electrons. The van der Waals surface area contributed by atoms with Gasteiger partial charge in [0.25, 0.3) is 0 Å². The Bertz CT molecular complexity index is 1200. The molecule has 2 saturated heterocycles. The molecule has 2 fully saturated rings. The summed E-state index contributed by atoms with van der Waals surface area (Å²) in [6, 6.07) is 11.5. The second kappa shape index (κ2) is 8.99. The van der Waals surface area contributed by atoms with Crippen LogP contribution in [-0.2, 0) is 20.7 Å². The van der Waals surface area contributed by atoms with Gasteiger partial charge >= 0.3 is 11.9 Å². The van der Waals surface area contributed by atoms with Gasteiger partial charge in [-0.15, -0.1) is 0 Å². The SMILES string of the molecule is N#CN1CCC2(CC1)OC(=O)c1cc(Br)ccc12.O=C1OC2(CCNCC2)c2ccc(Br)cc21. The highest BCUT2D eigenvalue weighted by atomic mass is 79.9. The first-order valence-electron chi connectivity index (χ1n) is 11.3. The van der Waals surface area contributed by atoms with Crippen LogP contribution in [0.5, 0.6) is 0 Å². The summed E-state index contributed by atoms with van der Waals surface area (Å²) >= 11 is 6.75. The van der Waals surface area contributed by atoms with E-state index in [1.807, 2.05) is 36.4 Å². The number of halogens is 2.